The van der Waals surface area contributed by atoms with Gasteiger partial charge in [0, 0.05) is 13.0 Å². The highest BCUT2D eigenvalue weighted by atomic mass is 16.1. The van der Waals surface area contributed by atoms with Gasteiger partial charge >= 0.3 is 0 Å². The first-order valence-corrected chi connectivity index (χ1v) is 7.13. The van der Waals surface area contributed by atoms with Crippen LogP contribution in [0.2, 0.25) is 0 Å². The molecule has 1 aromatic rings. The van der Waals surface area contributed by atoms with E-state index in [1.165, 1.54) is 5.56 Å². The highest BCUT2D eigenvalue weighted by Crippen LogP contribution is 2.16. The Morgan fingerprint density at radius 2 is 1.89 bits per heavy atom. The predicted octanol–water partition coefficient (Wildman–Crippen LogP) is 2.99. The summed E-state index contributed by atoms with van der Waals surface area (Å²) in [7, 11) is 4.09. The van der Waals surface area contributed by atoms with E-state index in [1.807, 2.05) is 32.3 Å². The zero-order valence-electron chi connectivity index (χ0n) is 12.4. The van der Waals surface area contributed by atoms with Crippen molar-refractivity contribution in [2.45, 2.75) is 38.6 Å². The van der Waals surface area contributed by atoms with E-state index in [4.69, 9.17) is 0 Å². The summed E-state index contributed by atoms with van der Waals surface area (Å²) in [6, 6.07) is 10.5. The molecule has 1 amide bonds. The van der Waals surface area contributed by atoms with E-state index in [2.05, 4.69) is 29.3 Å². The second-order valence-corrected chi connectivity index (χ2v) is 5.15. The van der Waals surface area contributed by atoms with Crippen molar-refractivity contribution >= 4 is 5.91 Å². The Balaban J connectivity index is 2.45. The minimum absolute atomic E-state index is 0.163. The summed E-state index contributed by atoms with van der Waals surface area (Å²) in [6.07, 6.45) is 3.91. The highest BCUT2D eigenvalue weighted by molar-refractivity contribution is 5.75. The maximum absolute atomic E-state index is 11.7. The van der Waals surface area contributed by atoms with E-state index in [0.717, 1.165) is 19.3 Å². The van der Waals surface area contributed by atoms with Crippen molar-refractivity contribution < 1.29 is 4.79 Å². The summed E-state index contributed by atoms with van der Waals surface area (Å²) in [5.41, 5.74) is 1.24. The van der Waals surface area contributed by atoms with Crippen LogP contribution in [-0.2, 0) is 4.79 Å². The van der Waals surface area contributed by atoms with Gasteiger partial charge in [-0.25, -0.2) is 0 Å². The Labute approximate surface area is 117 Å². The maximum Gasteiger partial charge on any atom is 0.220 e. The van der Waals surface area contributed by atoms with E-state index >= 15 is 0 Å². The van der Waals surface area contributed by atoms with Gasteiger partial charge in [0.1, 0.15) is 0 Å². The molecule has 3 heteroatoms. The van der Waals surface area contributed by atoms with Crippen LogP contribution in [0.4, 0.5) is 0 Å². The van der Waals surface area contributed by atoms with Crippen LogP contribution in [0.5, 0.6) is 0 Å². The van der Waals surface area contributed by atoms with Gasteiger partial charge < -0.3 is 10.2 Å². The molecule has 0 radical (unpaired) electrons. The fourth-order valence-corrected chi connectivity index (χ4v) is 2.11. The molecule has 0 heterocycles. The van der Waals surface area contributed by atoms with Crippen LogP contribution in [0.3, 0.4) is 0 Å². The van der Waals surface area contributed by atoms with Crippen molar-refractivity contribution in [3.05, 3.63) is 35.9 Å². The Morgan fingerprint density at radius 3 is 2.47 bits per heavy atom. The third-order valence-electron chi connectivity index (χ3n) is 3.31. The molecule has 106 valence electrons. The van der Waals surface area contributed by atoms with Gasteiger partial charge in [-0.15, -0.1) is 0 Å². The number of likely N-dealkylation sites (N-methyl/N-ethyl adjacent to an activating group) is 1. The van der Waals surface area contributed by atoms with Crippen molar-refractivity contribution in [1.82, 2.24) is 10.2 Å². The molecule has 1 atom stereocenters. The first-order valence-electron chi connectivity index (χ1n) is 7.13. The van der Waals surface area contributed by atoms with Gasteiger partial charge in [0.25, 0.3) is 0 Å². The molecular formula is C16H26N2O. The summed E-state index contributed by atoms with van der Waals surface area (Å²) in [4.78, 5) is 13.9. The monoisotopic (exact) mass is 262 g/mol. The summed E-state index contributed by atoms with van der Waals surface area (Å²) < 4.78 is 0. The minimum atomic E-state index is 0.163. The fourth-order valence-electron chi connectivity index (χ4n) is 2.11. The predicted molar refractivity (Wildman–Crippen MR) is 80.0 cm³/mol. The maximum atomic E-state index is 11.7. The van der Waals surface area contributed by atoms with Crippen LogP contribution in [-0.4, -0.2) is 31.4 Å². The number of carbonyl (C=O) groups is 1. The van der Waals surface area contributed by atoms with Crippen LogP contribution in [0.25, 0.3) is 0 Å². The molecule has 0 spiro atoms. The molecule has 19 heavy (non-hydrogen) atoms. The summed E-state index contributed by atoms with van der Waals surface area (Å²) in [5, 5.41) is 3.04. The zero-order chi connectivity index (χ0) is 14.1. The second-order valence-electron chi connectivity index (χ2n) is 5.15. The lowest BCUT2D eigenvalue weighted by atomic mass is 10.1. The molecule has 0 saturated heterocycles. The lowest BCUT2D eigenvalue weighted by molar-refractivity contribution is -0.121. The van der Waals surface area contributed by atoms with E-state index in [1.54, 1.807) is 0 Å². The molecule has 0 saturated carbocycles. The quantitative estimate of drug-likeness (QED) is 0.730. The molecule has 0 aliphatic rings. The smallest absolute Gasteiger partial charge is 0.220 e. The Bertz CT molecular complexity index is 362. The Kier molecular flexibility index (Phi) is 7.19. The van der Waals surface area contributed by atoms with Crippen LogP contribution in [0, 0.1) is 0 Å². The third kappa shape index (κ3) is 5.88. The Hall–Kier alpha value is -1.35. The molecule has 1 N–H and O–H groups in total. The number of benzene rings is 1. The van der Waals surface area contributed by atoms with E-state index < -0.39 is 0 Å². The SMILES string of the molecule is CCCCCC(=O)NCC(c1ccccc1)N(C)C. The van der Waals surface area contributed by atoms with Gasteiger partial charge in [-0.3, -0.25) is 4.79 Å². The molecule has 0 bridgehead atoms. The molecule has 1 aromatic carbocycles. The number of nitrogens with zero attached hydrogens (tertiary/aromatic N) is 1. The van der Waals surface area contributed by atoms with Gasteiger partial charge in [-0.1, -0.05) is 50.1 Å². The molecule has 0 aliphatic heterocycles. The molecule has 1 unspecified atom stereocenters. The van der Waals surface area contributed by atoms with Crippen molar-refractivity contribution in [3.63, 3.8) is 0 Å². The number of hydrogen-bond donors (Lipinski definition) is 1. The van der Waals surface area contributed by atoms with Gasteiger partial charge in [0.2, 0.25) is 5.91 Å². The van der Waals surface area contributed by atoms with Crippen molar-refractivity contribution in [2.24, 2.45) is 0 Å². The van der Waals surface area contributed by atoms with E-state index in [-0.39, 0.29) is 11.9 Å². The molecule has 0 fully saturated rings. The van der Waals surface area contributed by atoms with Crippen LogP contribution >= 0.6 is 0 Å². The highest BCUT2D eigenvalue weighted by Gasteiger charge is 2.14. The van der Waals surface area contributed by atoms with Crippen molar-refractivity contribution in [3.8, 4) is 0 Å². The van der Waals surface area contributed by atoms with E-state index in [9.17, 15) is 4.79 Å². The summed E-state index contributed by atoms with van der Waals surface area (Å²) in [5.74, 6) is 0.163. The number of rotatable bonds is 8. The van der Waals surface area contributed by atoms with Gasteiger partial charge in [0.05, 0.1) is 6.04 Å². The standard InChI is InChI=1S/C16H26N2O/c1-4-5-7-12-16(19)17-13-15(18(2)3)14-10-8-6-9-11-14/h6,8-11,15H,4-5,7,12-13H2,1-3H3,(H,17,19). The zero-order valence-corrected chi connectivity index (χ0v) is 12.4. The molecular weight excluding hydrogens is 236 g/mol. The number of nitrogens with one attached hydrogen (secondary N) is 1. The molecule has 1 rings (SSSR count). The van der Waals surface area contributed by atoms with Crippen molar-refractivity contribution in [1.29, 1.82) is 0 Å². The summed E-state index contributed by atoms with van der Waals surface area (Å²) in [6.45, 7) is 2.82. The Morgan fingerprint density at radius 1 is 1.21 bits per heavy atom. The first kappa shape index (κ1) is 15.7. The topological polar surface area (TPSA) is 32.3 Å². The molecule has 3 nitrogen and oxygen atoms in total. The number of amides is 1. The van der Waals surface area contributed by atoms with Crippen LogP contribution in [0.15, 0.2) is 30.3 Å². The number of hydrogen-bond acceptors (Lipinski definition) is 2. The fraction of sp³-hybridized carbons (Fsp3) is 0.562. The second kappa shape index (κ2) is 8.70. The van der Waals surface area contributed by atoms with Gasteiger partial charge in [0.15, 0.2) is 0 Å². The number of unbranched alkanes of at least 4 members (excludes halogenated alkanes) is 2. The first-order chi connectivity index (χ1) is 9.15. The van der Waals surface area contributed by atoms with Gasteiger partial charge in [-0.05, 0) is 26.1 Å². The number of carbonyl (C=O) groups excluding carboxylic acids is 1. The van der Waals surface area contributed by atoms with Crippen LogP contribution < -0.4 is 5.32 Å². The van der Waals surface area contributed by atoms with E-state index in [0.29, 0.717) is 13.0 Å². The minimum Gasteiger partial charge on any atom is -0.354 e. The normalized spacial score (nSPS) is 12.4. The lowest BCUT2D eigenvalue weighted by Gasteiger charge is -2.25. The lowest BCUT2D eigenvalue weighted by Crippen LogP contribution is -2.34. The average molecular weight is 262 g/mol. The average Bonchev–Trinajstić information content (AvgIpc) is 2.40. The molecule has 0 aliphatic carbocycles. The van der Waals surface area contributed by atoms with Gasteiger partial charge in [-0.2, -0.15) is 0 Å². The third-order valence-corrected chi connectivity index (χ3v) is 3.31. The van der Waals surface area contributed by atoms with Crippen LogP contribution in [0.1, 0.15) is 44.2 Å². The summed E-state index contributed by atoms with van der Waals surface area (Å²) >= 11 is 0. The largest absolute Gasteiger partial charge is 0.354 e. The van der Waals surface area contributed by atoms with Crippen molar-refractivity contribution in [2.75, 3.05) is 20.6 Å². The molecule has 0 aromatic heterocycles.